The molecule has 118 valence electrons. The van der Waals surface area contributed by atoms with Crippen molar-refractivity contribution in [1.29, 1.82) is 0 Å². The predicted molar refractivity (Wildman–Crippen MR) is 88.5 cm³/mol. The van der Waals surface area contributed by atoms with E-state index < -0.39 is 5.41 Å². The number of H-pyrrole nitrogens is 1. The van der Waals surface area contributed by atoms with Gasteiger partial charge in [-0.25, -0.2) is 15.0 Å². The van der Waals surface area contributed by atoms with Crippen molar-refractivity contribution in [2.75, 3.05) is 5.32 Å². The van der Waals surface area contributed by atoms with Gasteiger partial charge in [0.05, 0.1) is 5.39 Å². The van der Waals surface area contributed by atoms with E-state index in [-0.39, 0.29) is 11.9 Å². The Kier molecular flexibility index (Phi) is 3.80. The number of carbonyl (C=O) groups is 1. The Labute approximate surface area is 140 Å². The number of nitrogens with one attached hydrogen (secondary N) is 2. The average molecular weight is 376 g/mol. The van der Waals surface area contributed by atoms with E-state index in [2.05, 4.69) is 51.4 Å². The maximum absolute atomic E-state index is 12.2. The summed E-state index contributed by atoms with van der Waals surface area (Å²) < 4.78 is 0.789. The molecular weight excluding hydrogens is 362 g/mol. The van der Waals surface area contributed by atoms with Crippen LogP contribution in [0.15, 0.2) is 23.1 Å². The first-order valence-electron chi connectivity index (χ1n) is 6.85. The summed E-state index contributed by atoms with van der Waals surface area (Å²) in [7, 11) is 0. The lowest BCUT2D eigenvalue weighted by Gasteiger charge is -2.17. The van der Waals surface area contributed by atoms with Gasteiger partial charge < -0.3 is 0 Å². The van der Waals surface area contributed by atoms with Crippen LogP contribution in [0.3, 0.4) is 0 Å². The maximum atomic E-state index is 12.2. The largest absolute Gasteiger partial charge is 0.294 e. The molecule has 0 fully saturated rings. The van der Waals surface area contributed by atoms with Crippen molar-refractivity contribution >= 4 is 38.8 Å². The number of hydrogen-bond donors (Lipinski definition) is 2. The molecule has 3 rings (SSSR count). The number of amides is 1. The summed E-state index contributed by atoms with van der Waals surface area (Å²) in [6.07, 6.45) is 3.09. The van der Waals surface area contributed by atoms with Crippen LogP contribution in [0.4, 0.5) is 5.95 Å². The topological polar surface area (TPSA) is 109 Å². The third-order valence-corrected chi connectivity index (χ3v) is 3.48. The highest BCUT2D eigenvalue weighted by Gasteiger charge is 2.23. The van der Waals surface area contributed by atoms with E-state index in [0.29, 0.717) is 22.6 Å². The van der Waals surface area contributed by atoms with Crippen LogP contribution < -0.4 is 5.32 Å². The molecule has 2 N–H and O–H groups in total. The van der Waals surface area contributed by atoms with Gasteiger partial charge in [-0.1, -0.05) is 20.8 Å². The number of hydrogen-bond acceptors (Lipinski definition) is 6. The first kappa shape index (κ1) is 15.5. The second kappa shape index (κ2) is 5.65. The Balaban J connectivity index is 2.15. The molecule has 0 aromatic carbocycles. The predicted octanol–water partition coefficient (Wildman–Crippen LogP) is 2.56. The normalized spacial score (nSPS) is 11.7. The minimum absolute atomic E-state index is 0.173. The third-order valence-electron chi connectivity index (χ3n) is 3.05. The van der Waals surface area contributed by atoms with E-state index in [0.717, 1.165) is 4.47 Å². The van der Waals surface area contributed by atoms with E-state index in [1.54, 1.807) is 6.20 Å². The van der Waals surface area contributed by atoms with Gasteiger partial charge in [0.15, 0.2) is 11.5 Å². The van der Waals surface area contributed by atoms with E-state index in [1.807, 2.05) is 26.8 Å². The molecule has 3 aromatic rings. The summed E-state index contributed by atoms with van der Waals surface area (Å²) in [6.45, 7) is 5.44. The van der Waals surface area contributed by atoms with Crippen LogP contribution in [-0.4, -0.2) is 36.0 Å². The number of nitrogens with zero attached hydrogens (tertiary/aromatic N) is 5. The molecule has 0 aliphatic rings. The molecule has 0 unspecified atom stereocenters. The number of aromatic amines is 1. The molecule has 0 radical (unpaired) electrons. The summed E-state index contributed by atoms with van der Waals surface area (Å²) in [5.41, 5.74) is 0.386. The molecule has 23 heavy (non-hydrogen) atoms. The van der Waals surface area contributed by atoms with Gasteiger partial charge in [-0.15, -0.1) is 0 Å². The third kappa shape index (κ3) is 3.19. The molecule has 8 nitrogen and oxygen atoms in total. The van der Waals surface area contributed by atoms with E-state index in [9.17, 15) is 4.79 Å². The van der Waals surface area contributed by atoms with Crippen molar-refractivity contribution in [3.05, 3.63) is 23.1 Å². The Morgan fingerprint density at radius 1 is 1.26 bits per heavy atom. The highest BCUT2D eigenvalue weighted by Crippen LogP contribution is 2.26. The lowest BCUT2D eigenvalue weighted by Crippen LogP contribution is -2.28. The van der Waals surface area contributed by atoms with Crippen molar-refractivity contribution in [3.63, 3.8) is 0 Å². The maximum Gasteiger partial charge on any atom is 0.232 e. The van der Waals surface area contributed by atoms with Gasteiger partial charge in [0.2, 0.25) is 11.9 Å². The standard InChI is InChI=1S/C14H14BrN7O/c1-14(2,3)12(23)21-13-19-9(11-17-6-18-22-11)8-4-7(15)5-16-10(8)20-13/h4-6H,1-3H3,(H,17,18,22)(H,16,19,20,21,23). The average Bonchev–Trinajstić information content (AvgIpc) is 3.00. The lowest BCUT2D eigenvalue weighted by molar-refractivity contribution is -0.123. The fourth-order valence-electron chi connectivity index (χ4n) is 1.83. The van der Waals surface area contributed by atoms with Crippen molar-refractivity contribution in [3.8, 4) is 11.5 Å². The molecular formula is C14H14BrN7O. The van der Waals surface area contributed by atoms with E-state index >= 15 is 0 Å². The molecule has 3 heterocycles. The molecule has 0 aliphatic heterocycles. The Bertz CT molecular complexity index is 871. The Morgan fingerprint density at radius 3 is 2.70 bits per heavy atom. The molecule has 0 spiro atoms. The van der Waals surface area contributed by atoms with Gasteiger partial charge >= 0.3 is 0 Å². The summed E-state index contributed by atoms with van der Waals surface area (Å²) in [5, 5.41) is 10.1. The molecule has 3 aromatic heterocycles. The monoisotopic (exact) mass is 375 g/mol. The van der Waals surface area contributed by atoms with Crippen LogP contribution >= 0.6 is 15.9 Å². The second-order valence-electron chi connectivity index (χ2n) is 5.95. The van der Waals surface area contributed by atoms with Gasteiger partial charge in [0.1, 0.15) is 12.0 Å². The lowest BCUT2D eigenvalue weighted by atomic mass is 9.96. The molecule has 0 bridgehead atoms. The highest BCUT2D eigenvalue weighted by molar-refractivity contribution is 9.10. The van der Waals surface area contributed by atoms with Gasteiger partial charge in [-0.2, -0.15) is 10.1 Å². The summed E-state index contributed by atoms with van der Waals surface area (Å²) in [5.74, 6) is 0.394. The van der Waals surface area contributed by atoms with Crippen molar-refractivity contribution < 1.29 is 4.79 Å². The van der Waals surface area contributed by atoms with Gasteiger partial charge in [0.25, 0.3) is 0 Å². The fourth-order valence-corrected chi connectivity index (χ4v) is 2.16. The van der Waals surface area contributed by atoms with Crippen LogP contribution in [-0.2, 0) is 4.79 Å². The quantitative estimate of drug-likeness (QED) is 0.712. The van der Waals surface area contributed by atoms with E-state index in [1.165, 1.54) is 6.33 Å². The SMILES string of the molecule is CC(C)(C)C(=O)Nc1nc(-c2nc[nH]n2)c2cc(Br)cnc2n1. The van der Waals surface area contributed by atoms with Gasteiger partial charge in [0, 0.05) is 16.1 Å². The fraction of sp³-hybridized carbons (Fsp3) is 0.286. The first-order chi connectivity index (χ1) is 10.8. The molecule has 9 heteroatoms. The zero-order valence-corrected chi connectivity index (χ0v) is 14.3. The molecule has 0 saturated carbocycles. The smallest absolute Gasteiger partial charge is 0.232 e. The van der Waals surface area contributed by atoms with Crippen LogP contribution in [0.2, 0.25) is 0 Å². The zero-order valence-electron chi connectivity index (χ0n) is 12.8. The highest BCUT2D eigenvalue weighted by atomic mass is 79.9. The van der Waals surface area contributed by atoms with Crippen LogP contribution in [0, 0.1) is 5.41 Å². The van der Waals surface area contributed by atoms with E-state index in [4.69, 9.17) is 0 Å². The van der Waals surface area contributed by atoms with Gasteiger partial charge in [-0.3, -0.25) is 15.2 Å². The number of anilines is 1. The minimum Gasteiger partial charge on any atom is -0.294 e. The zero-order chi connectivity index (χ0) is 16.6. The Hall–Kier alpha value is -2.42. The number of fused-ring (bicyclic) bond motifs is 1. The van der Waals surface area contributed by atoms with Crippen LogP contribution in [0.1, 0.15) is 20.8 Å². The second-order valence-corrected chi connectivity index (χ2v) is 6.86. The Morgan fingerprint density at radius 2 is 2.04 bits per heavy atom. The van der Waals surface area contributed by atoms with Crippen LogP contribution in [0.25, 0.3) is 22.6 Å². The molecule has 0 saturated heterocycles. The van der Waals surface area contributed by atoms with Crippen LogP contribution in [0.5, 0.6) is 0 Å². The summed E-state index contributed by atoms with van der Waals surface area (Å²) in [4.78, 5) is 29.2. The summed E-state index contributed by atoms with van der Waals surface area (Å²) >= 11 is 3.38. The van der Waals surface area contributed by atoms with Crippen molar-refractivity contribution in [2.24, 2.45) is 5.41 Å². The molecule has 1 amide bonds. The first-order valence-corrected chi connectivity index (χ1v) is 7.65. The van der Waals surface area contributed by atoms with Crippen molar-refractivity contribution in [1.82, 2.24) is 30.1 Å². The van der Waals surface area contributed by atoms with Crippen molar-refractivity contribution in [2.45, 2.75) is 20.8 Å². The summed E-state index contributed by atoms with van der Waals surface area (Å²) in [6, 6.07) is 1.84. The number of rotatable bonds is 2. The number of carbonyl (C=O) groups excluding carboxylic acids is 1. The number of aromatic nitrogens is 6. The molecule has 0 aliphatic carbocycles. The number of pyridine rings is 1. The number of halogens is 1. The van der Waals surface area contributed by atoms with Gasteiger partial charge in [-0.05, 0) is 22.0 Å². The minimum atomic E-state index is -0.559. The molecule has 0 atom stereocenters.